The highest BCUT2D eigenvalue weighted by Crippen LogP contribution is 2.31. The minimum absolute atomic E-state index is 0.391. The second kappa shape index (κ2) is 4.60. The summed E-state index contributed by atoms with van der Waals surface area (Å²) in [5.74, 6) is 1.53. The van der Waals surface area contributed by atoms with Gasteiger partial charge in [0.2, 0.25) is 5.95 Å². The molecule has 16 heavy (non-hydrogen) atoms. The van der Waals surface area contributed by atoms with Crippen LogP contribution in [0.2, 0.25) is 0 Å². The Kier molecular flexibility index (Phi) is 3.17. The Balaban J connectivity index is 2.13. The van der Waals surface area contributed by atoms with Crippen LogP contribution in [0.5, 0.6) is 0 Å². The van der Waals surface area contributed by atoms with Gasteiger partial charge in [-0.1, -0.05) is 0 Å². The molecule has 1 aliphatic carbocycles. The standard InChI is InChI=1S/C12H17N3O/c1-9(2)15(7-10-3-4-10)12-13-5-11(8-16)6-14-12/h5-6,8-10H,3-4,7H2,1-2H3. The third-order valence-corrected chi connectivity index (χ3v) is 2.83. The molecule has 0 aromatic carbocycles. The van der Waals surface area contributed by atoms with Crippen LogP contribution in [-0.2, 0) is 0 Å². The first-order valence-corrected chi connectivity index (χ1v) is 5.74. The van der Waals surface area contributed by atoms with E-state index in [9.17, 15) is 4.79 Å². The molecule has 4 heteroatoms. The number of aromatic nitrogens is 2. The van der Waals surface area contributed by atoms with Crippen molar-refractivity contribution in [3.8, 4) is 0 Å². The number of rotatable bonds is 5. The summed E-state index contributed by atoms with van der Waals surface area (Å²) < 4.78 is 0. The van der Waals surface area contributed by atoms with E-state index in [1.807, 2.05) is 0 Å². The Labute approximate surface area is 95.7 Å². The molecule has 1 fully saturated rings. The number of carbonyl (C=O) groups is 1. The Morgan fingerprint density at radius 3 is 2.50 bits per heavy atom. The van der Waals surface area contributed by atoms with Gasteiger partial charge in [0.25, 0.3) is 0 Å². The molecule has 0 saturated heterocycles. The van der Waals surface area contributed by atoms with E-state index in [0.717, 1.165) is 24.7 Å². The predicted octanol–water partition coefficient (Wildman–Crippen LogP) is 1.91. The van der Waals surface area contributed by atoms with Crippen molar-refractivity contribution < 1.29 is 4.79 Å². The van der Waals surface area contributed by atoms with E-state index in [-0.39, 0.29) is 0 Å². The zero-order chi connectivity index (χ0) is 11.5. The van der Waals surface area contributed by atoms with Gasteiger partial charge in [-0.3, -0.25) is 4.79 Å². The fourth-order valence-electron chi connectivity index (χ4n) is 1.64. The first-order chi connectivity index (χ1) is 7.70. The van der Waals surface area contributed by atoms with E-state index >= 15 is 0 Å². The summed E-state index contributed by atoms with van der Waals surface area (Å²) in [5, 5.41) is 0. The maximum Gasteiger partial charge on any atom is 0.225 e. The van der Waals surface area contributed by atoms with Crippen LogP contribution in [-0.4, -0.2) is 28.8 Å². The molecule has 86 valence electrons. The zero-order valence-electron chi connectivity index (χ0n) is 9.76. The Morgan fingerprint density at radius 1 is 1.44 bits per heavy atom. The van der Waals surface area contributed by atoms with Crippen LogP contribution in [0.3, 0.4) is 0 Å². The van der Waals surface area contributed by atoms with Gasteiger partial charge in [-0.25, -0.2) is 9.97 Å². The number of aldehydes is 1. The van der Waals surface area contributed by atoms with E-state index in [1.165, 1.54) is 12.8 Å². The van der Waals surface area contributed by atoms with Crippen LogP contribution in [0.25, 0.3) is 0 Å². The van der Waals surface area contributed by atoms with Gasteiger partial charge in [-0.15, -0.1) is 0 Å². The average molecular weight is 219 g/mol. The third kappa shape index (κ3) is 2.56. The topological polar surface area (TPSA) is 46.1 Å². The van der Waals surface area contributed by atoms with Crippen molar-refractivity contribution >= 4 is 12.2 Å². The largest absolute Gasteiger partial charge is 0.338 e. The van der Waals surface area contributed by atoms with Crippen molar-refractivity contribution in [2.24, 2.45) is 5.92 Å². The Hall–Kier alpha value is -1.45. The van der Waals surface area contributed by atoms with Gasteiger partial charge in [0.15, 0.2) is 6.29 Å². The lowest BCUT2D eigenvalue weighted by Crippen LogP contribution is -2.34. The first-order valence-electron chi connectivity index (χ1n) is 5.74. The quantitative estimate of drug-likeness (QED) is 0.710. The van der Waals surface area contributed by atoms with Gasteiger partial charge in [0.05, 0.1) is 5.56 Å². The smallest absolute Gasteiger partial charge is 0.225 e. The molecule has 0 spiro atoms. The molecule has 0 amide bonds. The van der Waals surface area contributed by atoms with Gasteiger partial charge in [-0.05, 0) is 32.6 Å². The van der Waals surface area contributed by atoms with Crippen molar-refractivity contribution in [2.45, 2.75) is 32.7 Å². The second-order valence-electron chi connectivity index (χ2n) is 4.62. The molecule has 1 aliphatic rings. The lowest BCUT2D eigenvalue weighted by molar-refractivity contribution is 0.112. The predicted molar refractivity (Wildman–Crippen MR) is 62.6 cm³/mol. The molecule has 0 N–H and O–H groups in total. The number of carbonyl (C=O) groups excluding carboxylic acids is 1. The third-order valence-electron chi connectivity index (χ3n) is 2.83. The Bertz CT molecular complexity index is 357. The maximum absolute atomic E-state index is 10.5. The zero-order valence-corrected chi connectivity index (χ0v) is 9.76. The minimum Gasteiger partial charge on any atom is -0.338 e. The second-order valence-corrected chi connectivity index (χ2v) is 4.62. The van der Waals surface area contributed by atoms with Crippen LogP contribution >= 0.6 is 0 Å². The van der Waals surface area contributed by atoms with Crippen molar-refractivity contribution in [2.75, 3.05) is 11.4 Å². The monoisotopic (exact) mass is 219 g/mol. The van der Waals surface area contributed by atoms with Gasteiger partial charge in [0, 0.05) is 25.0 Å². The molecule has 1 aromatic rings. The van der Waals surface area contributed by atoms with Gasteiger partial charge in [-0.2, -0.15) is 0 Å². The van der Waals surface area contributed by atoms with Crippen LogP contribution in [0.1, 0.15) is 37.0 Å². The first kappa shape index (κ1) is 11.0. The number of hydrogen-bond donors (Lipinski definition) is 0. The molecule has 1 saturated carbocycles. The molecule has 4 nitrogen and oxygen atoms in total. The normalized spacial score (nSPS) is 15.2. The number of hydrogen-bond acceptors (Lipinski definition) is 4. The highest BCUT2D eigenvalue weighted by atomic mass is 16.1. The molecule has 1 aromatic heterocycles. The molecule has 0 bridgehead atoms. The van der Waals surface area contributed by atoms with Crippen LogP contribution in [0.4, 0.5) is 5.95 Å². The van der Waals surface area contributed by atoms with Gasteiger partial charge in [0.1, 0.15) is 0 Å². The average Bonchev–Trinajstić information content (AvgIpc) is 3.09. The number of anilines is 1. The van der Waals surface area contributed by atoms with E-state index < -0.39 is 0 Å². The molecule has 1 heterocycles. The number of nitrogens with zero attached hydrogens (tertiary/aromatic N) is 3. The molecule has 0 unspecified atom stereocenters. The Morgan fingerprint density at radius 2 is 2.06 bits per heavy atom. The van der Waals surface area contributed by atoms with Crippen molar-refractivity contribution in [3.05, 3.63) is 18.0 Å². The van der Waals surface area contributed by atoms with Crippen molar-refractivity contribution in [1.29, 1.82) is 0 Å². The van der Waals surface area contributed by atoms with E-state index in [2.05, 4.69) is 28.7 Å². The van der Waals surface area contributed by atoms with Crippen LogP contribution in [0, 0.1) is 5.92 Å². The maximum atomic E-state index is 10.5. The summed E-state index contributed by atoms with van der Waals surface area (Å²) in [6, 6.07) is 0.391. The van der Waals surface area contributed by atoms with E-state index in [4.69, 9.17) is 0 Å². The SMILES string of the molecule is CC(C)N(CC1CC1)c1ncc(C=O)cn1. The van der Waals surface area contributed by atoms with Crippen molar-refractivity contribution in [3.63, 3.8) is 0 Å². The molecule has 0 radical (unpaired) electrons. The summed E-state index contributed by atoms with van der Waals surface area (Å²) in [5.41, 5.74) is 0.527. The summed E-state index contributed by atoms with van der Waals surface area (Å²) in [4.78, 5) is 21.2. The summed E-state index contributed by atoms with van der Waals surface area (Å²) in [6.45, 7) is 5.30. The highest BCUT2D eigenvalue weighted by molar-refractivity contribution is 5.73. The highest BCUT2D eigenvalue weighted by Gasteiger charge is 2.26. The van der Waals surface area contributed by atoms with Crippen LogP contribution < -0.4 is 4.90 Å². The molecule has 0 aliphatic heterocycles. The summed E-state index contributed by atoms with van der Waals surface area (Å²) in [6.07, 6.45) is 6.56. The van der Waals surface area contributed by atoms with Gasteiger partial charge >= 0.3 is 0 Å². The fourth-order valence-corrected chi connectivity index (χ4v) is 1.64. The summed E-state index contributed by atoms with van der Waals surface area (Å²) in [7, 11) is 0. The van der Waals surface area contributed by atoms with Gasteiger partial charge < -0.3 is 4.90 Å². The molecular formula is C12H17N3O. The lowest BCUT2D eigenvalue weighted by atomic mass is 10.3. The molecule has 0 atom stereocenters. The van der Waals surface area contributed by atoms with E-state index in [0.29, 0.717) is 11.6 Å². The van der Waals surface area contributed by atoms with E-state index in [1.54, 1.807) is 12.4 Å². The minimum atomic E-state index is 0.391. The fraction of sp³-hybridized carbons (Fsp3) is 0.583. The lowest BCUT2D eigenvalue weighted by Gasteiger charge is -2.26. The molecular weight excluding hydrogens is 202 g/mol. The van der Waals surface area contributed by atoms with Crippen LogP contribution in [0.15, 0.2) is 12.4 Å². The molecule has 2 rings (SSSR count). The van der Waals surface area contributed by atoms with Crippen molar-refractivity contribution in [1.82, 2.24) is 9.97 Å². The summed E-state index contributed by atoms with van der Waals surface area (Å²) >= 11 is 0.